The minimum Gasteiger partial charge on any atom is -0.426 e. The number of nitrogens with zero attached hydrogens (tertiary/aromatic N) is 1. The molecule has 0 radical (unpaired) electrons. The van der Waals surface area contributed by atoms with Gasteiger partial charge in [-0.05, 0) is 23.6 Å². The number of thiazole rings is 1. The first-order valence-corrected chi connectivity index (χ1v) is 8.81. The summed E-state index contributed by atoms with van der Waals surface area (Å²) < 4.78 is 8.08. The summed E-state index contributed by atoms with van der Waals surface area (Å²) >= 11 is 1.19. The normalized spacial score (nSPS) is 11.0. The van der Waals surface area contributed by atoms with E-state index in [0.29, 0.717) is 12.3 Å². The highest BCUT2D eigenvalue weighted by Gasteiger charge is 2.11. The molecule has 0 aliphatic rings. The average molecular weight is 349 g/mol. The second kappa shape index (κ2) is 6.53. The lowest BCUT2D eigenvalue weighted by atomic mass is 10.1. The van der Waals surface area contributed by atoms with Crippen LogP contribution in [0.15, 0.2) is 71.5 Å². The summed E-state index contributed by atoms with van der Waals surface area (Å²) in [5, 5.41) is 1.92. The first-order valence-electron chi connectivity index (χ1n) is 7.99. The summed E-state index contributed by atoms with van der Waals surface area (Å²) in [5.74, 6) is 0.198. The first kappa shape index (κ1) is 15.6. The van der Waals surface area contributed by atoms with Gasteiger partial charge >= 0.3 is 10.8 Å². The molecule has 0 atom stereocenters. The Hall–Kier alpha value is -2.92. The number of aromatic nitrogens is 1. The predicted molar refractivity (Wildman–Crippen MR) is 100 cm³/mol. The van der Waals surface area contributed by atoms with Crippen molar-refractivity contribution < 1.29 is 9.53 Å². The third kappa shape index (κ3) is 3.06. The van der Waals surface area contributed by atoms with Crippen LogP contribution in [0.1, 0.15) is 6.42 Å². The van der Waals surface area contributed by atoms with Crippen molar-refractivity contribution >= 4 is 38.3 Å². The Morgan fingerprint density at radius 3 is 2.64 bits per heavy atom. The third-order valence-electron chi connectivity index (χ3n) is 4.09. The van der Waals surface area contributed by atoms with E-state index in [-0.39, 0.29) is 17.3 Å². The van der Waals surface area contributed by atoms with Gasteiger partial charge in [0, 0.05) is 11.9 Å². The molecule has 124 valence electrons. The van der Waals surface area contributed by atoms with E-state index < -0.39 is 0 Å². The zero-order chi connectivity index (χ0) is 17.2. The topological polar surface area (TPSA) is 48.3 Å². The predicted octanol–water partition coefficient (Wildman–Crippen LogP) is 4.21. The minimum absolute atomic E-state index is 0.0563. The molecule has 0 fully saturated rings. The van der Waals surface area contributed by atoms with E-state index in [4.69, 9.17) is 4.74 Å². The highest BCUT2D eigenvalue weighted by atomic mass is 32.1. The Morgan fingerprint density at radius 2 is 1.72 bits per heavy atom. The second-order valence-corrected chi connectivity index (χ2v) is 6.68. The zero-order valence-corrected chi connectivity index (χ0v) is 14.2. The molecule has 0 saturated heterocycles. The largest absolute Gasteiger partial charge is 0.426 e. The van der Waals surface area contributed by atoms with Gasteiger partial charge in [-0.2, -0.15) is 0 Å². The van der Waals surface area contributed by atoms with Gasteiger partial charge in [0.05, 0.1) is 16.6 Å². The van der Waals surface area contributed by atoms with E-state index in [1.807, 2.05) is 60.7 Å². The third-order valence-corrected chi connectivity index (χ3v) is 5.05. The smallest absolute Gasteiger partial charge is 0.313 e. The maximum atomic E-state index is 12.3. The number of para-hydroxylation sites is 1. The number of rotatable bonds is 4. The number of esters is 1. The van der Waals surface area contributed by atoms with Crippen LogP contribution in [0.4, 0.5) is 0 Å². The molecule has 0 saturated carbocycles. The van der Waals surface area contributed by atoms with Crippen LogP contribution >= 0.6 is 11.3 Å². The van der Waals surface area contributed by atoms with Gasteiger partial charge in [0.25, 0.3) is 0 Å². The minimum atomic E-state index is -0.349. The number of hydrogen-bond acceptors (Lipinski definition) is 4. The molecular formula is C20H15NO3S. The van der Waals surface area contributed by atoms with Crippen molar-refractivity contribution in [2.24, 2.45) is 0 Å². The summed E-state index contributed by atoms with van der Waals surface area (Å²) in [6.07, 6.45) is 0.143. The van der Waals surface area contributed by atoms with Crippen molar-refractivity contribution in [2.75, 3.05) is 0 Å². The molecule has 1 aromatic heterocycles. The molecule has 0 aliphatic carbocycles. The van der Waals surface area contributed by atoms with E-state index in [2.05, 4.69) is 0 Å². The van der Waals surface area contributed by atoms with Crippen molar-refractivity contribution in [3.63, 3.8) is 0 Å². The van der Waals surface area contributed by atoms with Gasteiger partial charge in [0.2, 0.25) is 0 Å². The summed E-state index contributed by atoms with van der Waals surface area (Å²) in [4.78, 5) is 24.3. The van der Waals surface area contributed by atoms with E-state index in [1.54, 1.807) is 10.6 Å². The van der Waals surface area contributed by atoms with Crippen LogP contribution in [0, 0.1) is 0 Å². The number of carbonyl (C=O) groups excluding carboxylic acids is 1. The summed E-state index contributed by atoms with van der Waals surface area (Å²) in [5.41, 5.74) is 0.857. The van der Waals surface area contributed by atoms with Crippen molar-refractivity contribution in [2.45, 2.75) is 13.0 Å². The molecule has 4 aromatic rings. The van der Waals surface area contributed by atoms with Crippen molar-refractivity contribution in [3.05, 3.63) is 76.4 Å². The van der Waals surface area contributed by atoms with Gasteiger partial charge in [-0.15, -0.1) is 0 Å². The molecule has 0 spiro atoms. The lowest BCUT2D eigenvalue weighted by Gasteiger charge is -2.08. The fraction of sp³-hybridized carbons (Fsp3) is 0.100. The molecular weight excluding hydrogens is 334 g/mol. The molecule has 0 unspecified atom stereocenters. The van der Waals surface area contributed by atoms with Crippen LogP contribution in [0.2, 0.25) is 0 Å². The fourth-order valence-electron chi connectivity index (χ4n) is 2.89. The van der Waals surface area contributed by atoms with Gasteiger partial charge in [-0.1, -0.05) is 59.9 Å². The van der Waals surface area contributed by atoms with Gasteiger partial charge < -0.3 is 4.74 Å². The van der Waals surface area contributed by atoms with Gasteiger partial charge in [0.1, 0.15) is 5.75 Å². The van der Waals surface area contributed by atoms with Gasteiger partial charge in [-0.25, -0.2) is 0 Å². The lowest BCUT2D eigenvalue weighted by Crippen LogP contribution is -2.17. The molecule has 3 aromatic carbocycles. The Balaban J connectivity index is 1.52. The van der Waals surface area contributed by atoms with E-state index in [9.17, 15) is 9.59 Å². The summed E-state index contributed by atoms with van der Waals surface area (Å²) in [6, 6.07) is 21.0. The second-order valence-electron chi connectivity index (χ2n) is 5.69. The maximum Gasteiger partial charge on any atom is 0.313 e. The summed E-state index contributed by atoms with van der Waals surface area (Å²) in [6.45, 7) is 0.312. The quantitative estimate of drug-likeness (QED) is 0.409. The number of benzene rings is 3. The molecule has 25 heavy (non-hydrogen) atoms. The molecule has 4 nitrogen and oxygen atoms in total. The summed E-state index contributed by atoms with van der Waals surface area (Å²) in [7, 11) is 0. The number of ether oxygens (including phenoxy) is 1. The van der Waals surface area contributed by atoms with Crippen molar-refractivity contribution in [3.8, 4) is 5.75 Å². The van der Waals surface area contributed by atoms with E-state index >= 15 is 0 Å². The van der Waals surface area contributed by atoms with Crippen LogP contribution < -0.4 is 9.61 Å². The number of aryl methyl sites for hydroxylation is 1. The van der Waals surface area contributed by atoms with Crippen LogP contribution in [0.25, 0.3) is 21.0 Å². The molecule has 0 aliphatic heterocycles. The molecule has 0 bridgehead atoms. The lowest BCUT2D eigenvalue weighted by molar-refractivity contribution is -0.134. The maximum absolute atomic E-state index is 12.3. The molecule has 4 rings (SSSR count). The van der Waals surface area contributed by atoms with Crippen LogP contribution in [0.5, 0.6) is 5.75 Å². The fourth-order valence-corrected chi connectivity index (χ4v) is 3.80. The Bertz CT molecular complexity index is 1120. The number of fused-ring (bicyclic) bond motifs is 2. The highest BCUT2D eigenvalue weighted by Crippen LogP contribution is 2.25. The molecule has 0 amide bonds. The van der Waals surface area contributed by atoms with Crippen LogP contribution in [-0.4, -0.2) is 10.5 Å². The SMILES string of the molecule is O=C(CCn1c(=O)sc2ccccc21)Oc1cccc2ccccc12. The van der Waals surface area contributed by atoms with Gasteiger partial charge in [-0.3, -0.25) is 14.2 Å². The zero-order valence-electron chi connectivity index (χ0n) is 13.3. The van der Waals surface area contributed by atoms with Crippen molar-refractivity contribution in [1.29, 1.82) is 0 Å². The standard InChI is InChI=1S/C20H15NO3S/c22-19(24-17-10-5-7-14-6-1-2-8-15(14)17)12-13-21-16-9-3-4-11-18(16)25-20(21)23/h1-11H,12-13H2. The van der Waals surface area contributed by atoms with E-state index in [1.165, 1.54) is 11.3 Å². The first-order chi connectivity index (χ1) is 12.2. The molecule has 5 heteroatoms. The Kier molecular flexibility index (Phi) is 4.07. The van der Waals surface area contributed by atoms with Gasteiger partial charge in [0.15, 0.2) is 0 Å². The molecule has 1 heterocycles. The van der Waals surface area contributed by atoms with Crippen molar-refractivity contribution in [1.82, 2.24) is 4.57 Å². The highest BCUT2D eigenvalue weighted by molar-refractivity contribution is 7.16. The van der Waals surface area contributed by atoms with Crippen LogP contribution in [0.3, 0.4) is 0 Å². The van der Waals surface area contributed by atoms with E-state index in [0.717, 1.165) is 21.0 Å². The molecule has 0 N–H and O–H groups in total. The van der Waals surface area contributed by atoms with Crippen LogP contribution in [-0.2, 0) is 11.3 Å². The number of carbonyl (C=O) groups is 1. The monoisotopic (exact) mass is 349 g/mol. The Morgan fingerprint density at radius 1 is 0.960 bits per heavy atom. The number of hydrogen-bond donors (Lipinski definition) is 0. The Labute approximate surface area is 147 Å². The average Bonchev–Trinajstić information content (AvgIpc) is 2.95.